The number of rotatable bonds is 23. The summed E-state index contributed by atoms with van der Waals surface area (Å²) in [5.41, 5.74) is 4.57. The summed E-state index contributed by atoms with van der Waals surface area (Å²) in [6.07, 6.45) is 11.5. The molecule has 0 heterocycles. The maximum Gasteiger partial charge on any atom is 0.347 e. The van der Waals surface area contributed by atoms with Crippen LogP contribution in [0.15, 0.2) is 115 Å². The van der Waals surface area contributed by atoms with Gasteiger partial charge in [-0.2, -0.15) is 0 Å². The zero-order valence-electron chi connectivity index (χ0n) is 33.0. The van der Waals surface area contributed by atoms with Crippen LogP contribution in [-0.2, 0) is 37.4 Å². The third-order valence-corrected chi connectivity index (χ3v) is 9.75. The van der Waals surface area contributed by atoms with E-state index in [1.165, 1.54) is 6.07 Å². The van der Waals surface area contributed by atoms with Gasteiger partial charge in [-0.05, 0) is 65.6 Å². The van der Waals surface area contributed by atoms with Gasteiger partial charge in [0.15, 0.2) is 0 Å². The summed E-state index contributed by atoms with van der Waals surface area (Å²) in [6.45, 7) is 5.02. The number of ether oxygens (including phenoxy) is 4. The molecule has 0 atom stereocenters. The maximum absolute atomic E-state index is 14.4. The van der Waals surface area contributed by atoms with Crippen molar-refractivity contribution in [1.29, 1.82) is 0 Å². The number of hydrogen-bond donors (Lipinski definition) is 1. The standard InChI is InChI=1S/C49H56O7/c1-3-5-7-9-20-28-40-31-43(32-44(50)46(40)48(51)55-36-39-26-18-13-19-27-39)56-49(52)47-41(29-21-10-8-6-4-2)30-42(53-34-37-22-14-11-15-23-37)33-45(47)54-35-38-24-16-12-17-25-38/h11-19,22-27,30-33,50H,3-10,20-21,28-29,34-36H2,1-2H3. The predicted molar refractivity (Wildman–Crippen MR) is 222 cm³/mol. The average molecular weight is 757 g/mol. The Hall–Kier alpha value is -5.56. The van der Waals surface area contributed by atoms with E-state index in [-0.39, 0.29) is 30.3 Å². The summed E-state index contributed by atoms with van der Waals surface area (Å²) in [7, 11) is 0. The normalized spacial score (nSPS) is 10.9. The van der Waals surface area contributed by atoms with Crippen molar-refractivity contribution in [2.45, 2.75) is 111 Å². The van der Waals surface area contributed by atoms with Crippen molar-refractivity contribution in [1.82, 2.24) is 0 Å². The third kappa shape index (κ3) is 13.0. The van der Waals surface area contributed by atoms with Crippen molar-refractivity contribution in [2.24, 2.45) is 0 Å². The number of aryl methyl sites for hydroxylation is 2. The van der Waals surface area contributed by atoms with E-state index in [9.17, 15) is 14.7 Å². The highest BCUT2D eigenvalue weighted by atomic mass is 16.5. The lowest BCUT2D eigenvalue weighted by atomic mass is 9.98. The fraction of sp³-hybridized carbons (Fsp3) is 0.347. The summed E-state index contributed by atoms with van der Waals surface area (Å²) in [4.78, 5) is 27.9. The molecular formula is C49H56O7. The first-order valence-corrected chi connectivity index (χ1v) is 20.2. The van der Waals surface area contributed by atoms with Crippen LogP contribution in [0, 0.1) is 0 Å². The van der Waals surface area contributed by atoms with E-state index in [1.54, 1.807) is 12.1 Å². The number of carbonyl (C=O) groups excluding carboxylic acids is 2. The molecule has 56 heavy (non-hydrogen) atoms. The summed E-state index contributed by atoms with van der Waals surface area (Å²) in [6, 6.07) is 35.8. The number of benzene rings is 5. The highest BCUT2D eigenvalue weighted by Gasteiger charge is 2.25. The summed E-state index contributed by atoms with van der Waals surface area (Å²) >= 11 is 0. The minimum absolute atomic E-state index is 0.0732. The van der Waals surface area contributed by atoms with Crippen LogP contribution in [0.4, 0.5) is 0 Å². The number of unbranched alkanes of at least 4 members (excludes halogenated alkanes) is 8. The van der Waals surface area contributed by atoms with Crippen LogP contribution in [0.1, 0.15) is 127 Å². The van der Waals surface area contributed by atoms with Gasteiger partial charge in [-0.15, -0.1) is 0 Å². The minimum Gasteiger partial charge on any atom is -0.507 e. The molecule has 0 aliphatic rings. The lowest BCUT2D eigenvalue weighted by molar-refractivity contribution is 0.0468. The number of carbonyl (C=O) groups is 2. The first kappa shape index (κ1) is 41.6. The third-order valence-electron chi connectivity index (χ3n) is 9.75. The largest absolute Gasteiger partial charge is 0.507 e. The van der Waals surface area contributed by atoms with Gasteiger partial charge < -0.3 is 24.1 Å². The molecule has 0 aromatic heterocycles. The first-order chi connectivity index (χ1) is 27.4. The molecule has 0 spiro atoms. The van der Waals surface area contributed by atoms with E-state index in [1.807, 2.05) is 97.1 Å². The zero-order chi connectivity index (χ0) is 39.4. The van der Waals surface area contributed by atoms with Crippen LogP contribution < -0.4 is 14.2 Å². The van der Waals surface area contributed by atoms with Gasteiger partial charge in [0.25, 0.3) is 0 Å². The van der Waals surface area contributed by atoms with Crippen LogP contribution in [0.5, 0.6) is 23.0 Å². The van der Waals surface area contributed by atoms with E-state index in [0.29, 0.717) is 42.1 Å². The molecule has 0 aliphatic heterocycles. The van der Waals surface area contributed by atoms with E-state index < -0.39 is 11.9 Å². The van der Waals surface area contributed by atoms with Gasteiger partial charge in [0, 0.05) is 12.1 Å². The van der Waals surface area contributed by atoms with Crippen LogP contribution in [0.2, 0.25) is 0 Å². The SMILES string of the molecule is CCCCCCCc1cc(OC(=O)c2c(CCCCCCC)cc(OCc3ccccc3)cc2OCc2ccccc2)cc(O)c1C(=O)OCc1ccccc1. The Balaban J connectivity index is 1.46. The summed E-state index contributed by atoms with van der Waals surface area (Å²) < 4.78 is 24.5. The Bertz CT molecular complexity index is 1940. The lowest BCUT2D eigenvalue weighted by Crippen LogP contribution is -2.15. The number of phenolic OH excluding ortho intramolecular Hbond substituents is 1. The van der Waals surface area contributed by atoms with Gasteiger partial charge in [0.05, 0.1) is 0 Å². The van der Waals surface area contributed by atoms with Gasteiger partial charge >= 0.3 is 11.9 Å². The molecule has 5 rings (SSSR count). The van der Waals surface area contributed by atoms with Crippen molar-refractivity contribution < 1.29 is 33.6 Å². The van der Waals surface area contributed by atoms with Crippen molar-refractivity contribution in [2.75, 3.05) is 0 Å². The molecule has 0 saturated carbocycles. The predicted octanol–water partition coefficient (Wildman–Crippen LogP) is 12.2. The van der Waals surface area contributed by atoms with E-state index >= 15 is 0 Å². The Morgan fingerprint density at radius 2 is 0.982 bits per heavy atom. The topological polar surface area (TPSA) is 91.3 Å². The second kappa shape index (κ2) is 22.7. The molecule has 0 fully saturated rings. The molecule has 0 radical (unpaired) electrons. The van der Waals surface area contributed by atoms with Gasteiger partial charge in [0.2, 0.25) is 0 Å². The molecule has 0 aliphatic carbocycles. The zero-order valence-corrected chi connectivity index (χ0v) is 33.0. The summed E-state index contributed by atoms with van der Waals surface area (Å²) in [5, 5.41) is 11.3. The molecule has 7 heteroatoms. The number of esters is 2. The molecule has 0 unspecified atom stereocenters. The smallest absolute Gasteiger partial charge is 0.347 e. The van der Waals surface area contributed by atoms with Crippen molar-refractivity contribution in [3.8, 4) is 23.0 Å². The molecular weight excluding hydrogens is 701 g/mol. The van der Waals surface area contributed by atoms with Crippen molar-refractivity contribution in [3.63, 3.8) is 0 Å². The molecule has 0 saturated heterocycles. The van der Waals surface area contributed by atoms with Gasteiger partial charge in [0.1, 0.15) is 53.9 Å². The fourth-order valence-corrected chi connectivity index (χ4v) is 6.69. The monoisotopic (exact) mass is 756 g/mol. The van der Waals surface area contributed by atoms with E-state index in [0.717, 1.165) is 86.5 Å². The fourth-order valence-electron chi connectivity index (χ4n) is 6.69. The molecule has 0 amide bonds. The molecule has 7 nitrogen and oxygen atoms in total. The Kier molecular flexibility index (Phi) is 16.9. The molecule has 294 valence electrons. The molecule has 5 aromatic carbocycles. The number of hydrogen-bond acceptors (Lipinski definition) is 7. The first-order valence-electron chi connectivity index (χ1n) is 20.2. The Morgan fingerprint density at radius 1 is 0.500 bits per heavy atom. The highest BCUT2D eigenvalue weighted by Crippen LogP contribution is 2.35. The van der Waals surface area contributed by atoms with E-state index in [4.69, 9.17) is 18.9 Å². The number of aromatic hydroxyl groups is 1. The molecule has 0 bridgehead atoms. The van der Waals surface area contributed by atoms with Crippen LogP contribution in [0.25, 0.3) is 0 Å². The van der Waals surface area contributed by atoms with Crippen LogP contribution >= 0.6 is 0 Å². The van der Waals surface area contributed by atoms with E-state index in [2.05, 4.69) is 13.8 Å². The minimum atomic E-state index is -0.624. The van der Waals surface area contributed by atoms with Crippen molar-refractivity contribution in [3.05, 3.63) is 154 Å². The second-order valence-corrected chi connectivity index (χ2v) is 14.3. The lowest BCUT2D eigenvalue weighted by Gasteiger charge is -2.19. The van der Waals surface area contributed by atoms with Gasteiger partial charge in [-0.1, -0.05) is 156 Å². The highest BCUT2D eigenvalue weighted by molar-refractivity contribution is 5.97. The molecule has 1 N–H and O–H groups in total. The summed E-state index contributed by atoms with van der Waals surface area (Å²) in [5.74, 6) is -0.436. The quantitative estimate of drug-likeness (QED) is 0.0403. The van der Waals surface area contributed by atoms with Crippen LogP contribution in [-0.4, -0.2) is 17.0 Å². The Labute approximate surface area is 332 Å². The van der Waals surface area contributed by atoms with Gasteiger partial charge in [-0.25, -0.2) is 9.59 Å². The average Bonchev–Trinajstić information content (AvgIpc) is 3.22. The molecule has 5 aromatic rings. The van der Waals surface area contributed by atoms with Crippen molar-refractivity contribution >= 4 is 11.9 Å². The number of phenols is 1. The van der Waals surface area contributed by atoms with Crippen LogP contribution in [0.3, 0.4) is 0 Å². The van der Waals surface area contributed by atoms with Gasteiger partial charge in [-0.3, -0.25) is 0 Å². The Morgan fingerprint density at radius 3 is 1.54 bits per heavy atom. The second-order valence-electron chi connectivity index (χ2n) is 14.3. The maximum atomic E-state index is 14.4.